The van der Waals surface area contributed by atoms with Crippen LogP contribution in [0.3, 0.4) is 0 Å². The molecule has 0 unspecified atom stereocenters. The van der Waals surface area contributed by atoms with Gasteiger partial charge in [-0.2, -0.15) is 0 Å². The van der Waals surface area contributed by atoms with Crippen molar-refractivity contribution in [2.45, 2.75) is 0 Å². The number of carbonyl (C=O) groups is 1. The lowest BCUT2D eigenvalue weighted by molar-refractivity contribution is 0.103. The fraction of sp³-hybridized carbons (Fsp3) is 0.0455. The minimum atomic E-state index is -3.42. The lowest BCUT2D eigenvalue weighted by Gasteiger charge is -2.07. The third-order valence-corrected chi connectivity index (χ3v) is 5.70. The van der Waals surface area contributed by atoms with E-state index in [9.17, 15) is 18.0 Å². The van der Waals surface area contributed by atoms with Crippen LogP contribution in [0.1, 0.15) is 16.1 Å². The number of sulfonamides is 1. The largest absolute Gasteiger partial charge is 0.346 e. The van der Waals surface area contributed by atoms with E-state index in [2.05, 4.69) is 19.7 Å². The predicted molar refractivity (Wildman–Crippen MR) is 121 cm³/mol. The van der Waals surface area contributed by atoms with Crippen molar-refractivity contribution in [3.05, 3.63) is 88.9 Å². The highest BCUT2D eigenvalue weighted by Gasteiger charge is 2.17. The van der Waals surface area contributed by atoms with Crippen LogP contribution < -0.4 is 10.3 Å². The molecule has 0 aliphatic carbocycles. The number of fused-ring (bicyclic) bond motifs is 2. The van der Waals surface area contributed by atoms with Gasteiger partial charge in [-0.3, -0.25) is 14.3 Å². The van der Waals surface area contributed by atoms with Gasteiger partial charge in [0.15, 0.2) is 0 Å². The van der Waals surface area contributed by atoms with E-state index in [0.717, 1.165) is 28.4 Å². The van der Waals surface area contributed by atoms with Crippen molar-refractivity contribution in [2.75, 3.05) is 11.0 Å². The van der Waals surface area contributed by atoms with Crippen molar-refractivity contribution < 1.29 is 13.2 Å². The van der Waals surface area contributed by atoms with Gasteiger partial charge in [0.25, 0.3) is 5.56 Å². The van der Waals surface area contributed by atoms with Crippen LogP contribution >= 0.6 is 0 Å². The Hall–Kier alpha value is -4.18. The topological polar surface area (TPSA) is 129 Å². The molecule has 0 aliphatic heterocycles. The molecule has 4 aromatic heterocycles. The molecule has 0 saturated carbocycles. The number of pyridine rings is 1. The first kappa shape index (κ1) is 19.8. The number of benzene rings is 1. The molecular formula is C22H17N5O4S. The highest BCUT2D eigenvalue weighted by Crippen LogP contribution is 2.29. The zero-order valence-corrected chi connectivity index (χ0v) is 17.6. The van der Waals surface area contributed by atoms with Gasteiger partial charge >= 0.3 is 0 Å². The summed E-state index contributed by atoms with van der Waals surface area (Å²) in [6.07, 6.45) is 7.68. The van der Waals surface area contributed by atoms with Crippen LogP contribution in [-0.2, 0) is 10.0 Å². The standard InChI is InChI=1S/C22H17N5O4S/c1-32(30,31)26-15-6-4-13(5-7-15)20(28)19-11-25-22(29)18-9-14(12-27(18)19)17-10-24-21-16(17)3-2-8-23-21/h2-12,26H,1H3,(H,23,24)(H,25,29). The van der Waals surface area contributed by atoms with Gasteiger partial charge in [-0.05, 0) is 42.5 Å². The van der Waals surface area contributed by atoms with Gasteiger partial charge < -0.3 is 14.4 Å². The van der Waals surface area contributed by atoms with E-state index in [0.29, 0.717) is 16.8 Å². The van der Waals surface area contributed by atoms with Crippen molar-refractivity contribution in [2.24, 2.45) is 0 Å². The Morgan fingerprint density at radius 1 is 1.09 bits per heavy atom. The Kier molecular flexibility index (Phi) is 4.45. The minimum Gasteiger partial charge on any atom is -0.346 e. The van der Waals surface area contributed by atoms with Gasteiger partial charge in [0.1, 0.15) is 16.9 Å². The van der Waals surface area contributed by atoms with E-state index in [4.69, 9.17) is 0 Å². The second kappa shape index (κ2) is 7.20. The maximum absolute atomic E-state index is 13.2. The number of carbonyl (C=O) groups excluding carboxylic acids is 1. The van der Waals surface area contributed by atoms with E-state index < -0.39 is 10.0 Å². The number of nitrogens with zero attached hydrogens (tertiary/aromatic N) is 2. The molecule has 0 atom stereocenters. The molecule has 0 bridgehead atoms. The summed E-state index contributed by atoms with van der Waals surface area (Å²) < 4.78 is 26.7. The molecule has 0 amide bonds. The first-order chi connectivity index (χ1) is 15.3. The fourth-order valence-corrected chi connectivity index (χ4v) is 4.25. The van der Waals surface area contributed by atoms with Crippen molar-refractivity contribution in [3.8, 4) is 11.1 Å². The Labute approximate surface area is 181 Å². The smallest absolute Gasteiger partial charge is 0.272 e. The summed E-state index contributed by atoms with van der Waals surface area (Å²) in [6, 6.07) is 11.6. The minimum absolute atomic E-state index is 0.271. The molecule has 0 aliphatic rings. The normalized spacial score (nSPS) is 11.8. The zero-order chi connectivity index (χ0) is 22.5. The molecule has 9 nitrogen and oxygen atoms in total. The number of nitrogens with one attached hydrogen (secondary N) is 3. The van der Waals surface area contributed by atoms with Crippen molar-refractivity contribution in [1.29, 1.82) is 0 Å². The quantitative estimate of drug-likeness (QED) is 0.357. The molecule has 0 radical (unpaired) electrons. The van der Waals surface area contributed by atoms with Gasteiger partial charge in [-0.15, -0.1) is 0 Å². The zero-order valence-electron chi connectivity index (χ0n) is 16.8. The predicted octanol–water partition coefficient (Wildman–Crippen LogP) is 2.77. The van der Waals surface area contributed by atoms with E-state index in [1.165, 1.54) is 30.5 Å². The summed E-state index contributed by atoms with van der Waals surface area (Å²) in [5.41, 5.74) is 3.35. The number of anilines is 1. The number of aromatic amines is 2. The number of H-pyrrole nitrogens is 2. The van der Waals surface area contributed by atoms with Crippen LogP contribution in [0.2, 0.25) is 0 Å². The second-order valence-electron chi connectivity index (χ2n) is 7.37. The summed E-state index contributed by atoms with van der Waals surface area (Å²) in [5, 5.41) is 0.904. The summed E-state index contributed by atoms with van der Waals surface area (Å²) in [6.45, 7) is 0. The van der Waals surface area contributed by atoms with Gasteiger partial charge in [0, 0.05) is 52.6 Å². The number of hydrogen-bond acceptors (Lipinski definition) is 5. The van der Waals surface area contributed by atoms with Crippen LogP contribution in [0.15, 0.2) is 72.0 Å². The summed E-state index contributed by atoms with van der Waals surface area (Å²) in [4.78, 5) is 35.6. The maximum atomic E-state index is 13.2. The molecule has 3 N–H and O–H groups in total. The molecule has 1 aromatic carbocycles. The number of aromatic nitrogens is 4. The third-order valence-electron chi connectivity index (χ3n) is 5.10. The molecule has 32 heavy (non-hydrogen) atoms. The number of hydrogen-bond donors (Lipinski definition) is 3. The van der Waals surface area contributed by atoms with Crippen LogP contribution in [0.4, 0.5) is 5.69 Å². The van der Waals surface area contributed by atoms with E-state index >= 15 is 0 Å². The summed E-state index contributed by atoms with van der Waals surface area (Å²) in [5.74, 6) is -0.320. The van der Waals surface area contributed by atoms with Gasteiger partial charge in [0.2, 0.25) is 15.8 Å². The molecule has 0 fully saturated rings. The molecule has 5 rings (SSSR count). The maximum Gasteiger partial charge on any atom is 0.272 e. The average molecular weight is 447 g/mol. The Morgan fingerprint density at radius 3 is 2.62 bits per heavy atom. The van der Waals surface area contributed by atoms with Gasteiger partial charge in [-0.25, -0.2) is 13.4 Å². The Bertz CT molecular complexity index is 1660. The van der Waals surface area contributed by atoms with Crippen molar-refractivity contribution in [3.63, 3.8) is 0 Å². The monoisotopic (exact) mass is 447 g/mol. The Balaban J connectivity index is 1.58. The fourth-order valence-electron chi connectivity index (χ4n) is 3.68. The molecule has 5 aromatic rings. The molecule has 4 heterocycles. The molecule has 160 valence electrons. The van der Waals surface area contributed by atoms with Gasteiger partial charge in [-0.1, -0.05) is 0 Å². The van der Waals surface area contributed by atoms with Crippen LogP contribution in [0.5, 0.6) is 0 Å². The van der Waals surface area contributed by atoms with E-state index in [1.54, 1.807) is 22.9 Å². The van der Waals surface area contributed by atoms with Gasteiger partial charge in [0.05, 0.1) is 6.26 Å². The van der Waals surface area contributed by atoms with Crippen LogP contribution in [0.25, 0.3) is 27.7 Å². The first-order valence-electron chi connectivity index (χ1n) is 9.59. The highest BCUT2D eigenvalue weighted by molar-refractivity contribution is 7.92. The Morgan fingerprint density at radius 2 is 1.88 bits per heavy atom. The molecule has 0 spiro atoms. The average Bonchev–Trinajstić information content (AvgIpc) is 3.38. The highest BCUT2D eigenvalue weighted by atomic mass is 32.2. The van der Waals surface area contributed by atoms with E-state index in [1.807, 2.05) is 18.3 Å². The summed E-state index contributed by atoms with van der Waals surface area (Å²) >= 11 is 0. The lowest BCUT2D eigenvalue weighted by Crippen LogP contribution is -2.15. The van der Waals surface area contributed by atoms with Crippen LogP contribution in [-0.4, -0.2) is 39.8 Å². The number of rotatable bonds is 5. The third kappa shape index (κ3) is 3.46. The SMILES string of the molecule is CS(=O)(=O)Nc1ccc(C(=O)c2c[nH]c(=O)c3cc(-c4c[nH]c5ncccc45)cn23)cc1. The van der Waals surface area contributed by atoms with Crippen LogP contribution in [0, 0.1) is 0 Å². The van der Waals surface area contributed by atoms with Crippen molar-refractivity contribution in [1.82, 2.24) is 19.4 Å². The molecule has 10 heteroatoms. The number of ketones is 1. The first-order valence-corrected chi connectivity index (χ1v) is 11.5. The summed E-state index contributed by atoms with van der Waals surface area (Å²) in [7, 11) is -3.42. The van der Waals surface area contributed by atoms with E-state index in [-0.39, 0.29) is 17.0 Å². The molecule has 0 saturated heterocycles. The second-order valence-corrected chi connectivity index (χ2v) is 9.12. The lowest BCUT2D eigenvalue weighted by atomic mass is 10.1. The van der Waals surface area contributed by atoms with Crippen molar-refractivity contribution >= 4 is 38.0 Å². The molecular weight excluding hydrogens is 430 g/mol.